The summed E-state index contributed by atoms with van der Waals surface area (Å²) in [6, 6.07) is 0. The fourth-order valence-corrected chi connectivity index (χ4v) is 1.94. The van der Waals surface area contributed by atoms with E-state index >= 15 is 0 Å². The van der Waals surface area contributed by atoms with E-state index in [2.05, 4.69) is 23.5 Å². The van der Waals surface area contributed by atoms with Crippen molar-refractivity contribution < 1.29 is 4.74 Å². The van der Waals surface area contributed by atoms with Crippen LogP contribution in [0, 0.1) is 0 Å². The van der Waals surface area contributed by atoms with Gasteiger partial charge in [-0.2, -0.15) is 5.10 Å². The van der Waals surface area contributed by atoms with Crippen LogP contribution in [0.2, 0.25) is 0 Å². The SMILES string of the molecule is CCn1cc2c(n1)CNC[C@@H]2COC. The van der Waals surface area contributed by atoms with E-state index in [1.807, 2.05) is 4.68 Å². The fraction of sp³-hybridized carbons (Fsp3) is 0.700. The molecule has 1 aromatic heterocycles. The Balaban J connectivity index is 2.24. The summed E-state index contributed by atoms with van der Waals surface area (Å²) in [5.41, 5.74) is 2.53. The molecular weight excluding hydrogens is 178 g/mol. The van der Waals surface area contributed by atoms with Crippen LogP contribution in [0.4, 0.5) is 0 Å². The summed E-state index contributed by atoms with van der Waals surface area (Å²) in [6.07, 6.45) is 2.15. The highest BCUT2D eigenvalue weighted by Crippen LogP contribution is 2.22. The number of ether oxygens (including phenoxy) is 1. The minimum atomic E-state index is 0.462. The number of hydrogen-bond acceptors (Lipinski definition) is 3. The number of aromatic nitrogens is 2. The summed E-state index contributed by atoms with van der Waals surface area (Å²) in [7, 11) is 1.75. The van der Waals surface area contributed by atoms with Gasteiger partial charge in [-0.3, -0.25) is 4.68 Å². The van der Waals surface area contributed by atoms with Gasteiger partial charge in [0, 0.05) is 44.4 Å². The molecule has 2 rings (SSSR count). The van der Waals surface area contributed by atoms with Crippen molar-refractivity contribution in [3.8, 4) is 0 Å². The largest absolute Gasteiger partial charge is 0.384 e. The van der Waals surface area contributed by atoms with Gasteiger partial charge in [-0.1, -0.05) is 0 Å². The molecule has 1 aliphatic heterocycles. The number of fused-ring (bicyclic) bond motifs is 1. The first-order valence-corrected chi connectivity index (χ1v) is 5.11. The van der Waals surface area contributed by atoms with Gasteiger partial charge in [-0.25, -0.2) is 0 Å². The average Bonchev–Trinajstić information content (AvgIpc) is 2.62. The number of nitrogens with one attached hydrogen (secondary N) is 1. The van der Waals surface area contributed by atoms with E-state index < -0.39 is 0 Å². The van der Waals surface area contributed by atoms with Crippen LogP contribution < -0.4 is 5.32 Å². The van der Waals surface area contributed by atoms with Crippen LogP contribution in [0.5, 0.6) is 0 Å². The maximum atomic E-state index is 5.20. The van der Waals surface area contributed by atoms with Crippen molar-refractivity contribution in [2.24, 2.45) is 0 Å². The second-order valence-electron chi connectivity index (χ2n) is 3.67. The summed E-state index contributed by atoms with van der Waals surface area (Å²) in [5, 5.41) is 7.86. The van der Waals surface area contributed by atoms with Crippen LogP contribution in [-0.2, 0) is 17.8 Å². The van der Waals surface area contributed by atoms with E-state index in [-0.39, 0.29) is 0 Å². The molecule has 4 heteroatoms. The molecular formula is C10H17N3O. The van der Waals surface area contributed by atoms with E-state index in [9.17, 15) is 0 Å². The molecule has 0 amide bonds. The van der Waals surface area contributed by atoms with E-state index in [0.29, 0.717) is 5.92 Å². The van der Waals surface area contributed by atoms with Crippen LogP contribution in [-0.4, -0.2) is 30.0 Å². The monoisotopic (exact) mass is 195 g/mol. The molecule has 0 aromatic carbocycles. The van der Waals surface area contributed by atoms with Gasteiger partial charge in [0.05, 0.1) is 12.3 Å². The van der Waals surface area contributed by atoms with Crippen molar-refractivity contribution in [1.29, 1.82) is 0 Å². The van der Waals surface area contributed by atoms with Gasteiger partial charge in [-0.05, 0) is 6.92 Å². The quantitative estimate of drug-likeness (QED) is 0.773. The van der Waals surface area contributed by atoms with Crippen LogP contribution in [0.3, 0.4) is 0 Å². The molecule has 0 fully saturated rings. The highest BCUT2D eigenvalue weighted by atomic mass is 16.5. The third-order valence-electron chi connectivity index (χ3n) is 2.69. The third-order valence-corrected chi connectivity index (χ3v) is 2.69. The van der Waals surface area contributed by atoms with Crippen molar-refractivity contribution >= 4 is 0 Å². The molecule has 4 nitrogen and oxygen atoms in total. The maximum absolute atomic E-state index is 5.20. The lowest BCUT2D eigenvalue weighted by Crippen LogP contribution is -2.29. The first kappa shape index (κ1) is 9.68. The summed E-state index contributed by atoms with van der Waals surface area (Å²) in [6.45, 7) is 5.71. The van der Waals surface area contributed by atoms with Gasteiger partial charge in [0.1, 0.15) is 0 Å². The highest BCUT2D eigenvalue weighted by molar-refractivity contribution is 5.25. The Morgan fingerprint density at radius 2 is 2.57 bits per heavy atom. The van der Waals surface area contributed by atoms with Crippen LogP contribution in [0.25, 0.3) is 0 Å². The fourth-order valence-electron chi connectivity index (χ4n) is 1.94. The average molecular weight is 195 g/mol. The van der Waals surface area contributed by atoms with Gasteiger partial charge >= 0.3 is 0 Å². The minimum absolute atomic E-state index is 0.462. The zero-order valence-corrected chi connectivity index (χ0v) is 8.79. The molecule has 0 saturated heterocycles. The lowest BCUT2D eigenvalue weighted by atomic mass is 9.97. The predicted octanol–water partition coefficient (Wildman–Crippen LogP) is 0.736. The van der Waals surface area contributed by atoms with Gasteiger partial charge in [0.2, 0.25) is 0 Å². The number of aryl methyl sites for hydroxylation is 1. The summed E-state index contributed by atoms with van der Waals surface area (Å²) >= 11 is 0. The number of rotatable bonds is 3. The second-order valence-corrected chi connectivity index (χ2v) is 3.67. The van der Waals surface area contributed by atoms with E-state index in [1.165, 1.54) is 11.3 Å². The normalized spacial score (nSPS) is 20.9. The molecule has 1 aliphatic rings. The van der Waals surface area contributed by atoms with Gasteiger partial charge < -0.3 is 10.1 Å². The van der Waals surface area contributed by atoms with Crippen LogP contribution in [0.15, 0.2) is 6.20 Å². The molecule has 78 valence electrons. The lowest BCUT2D eigenvalue weighted by Gasteiger charge is -2.21. The minimum Gasteiger partial charge on any atom is -0.384 e. The first-order valence-electron chi connectivity index (χ1n) is 5.11. The molecule has 14 heavy (non-hydrogen) atoms. The van der Waals surface area contributed by atoms with Crippen molar-refractivity contribution in [3.05, 3.63) is 17.5 Å². The Labute approximate surface area is 84.3 Å². The van der Waals surface area contributed by atoms with Crippen LogP contribution in [0.1, 0.15) is 24.1 Å². The Bertz CT molecular complexity index is 308. The molecule has 1 aromatic rings. The first-order chi connectivity index (χ1) is 6.85. The summed E-state index contributed by atoms with van der Waals surface area (Å²) in [4.78, 5) is 0. The Hall–Kier alpha value is -0.870. The van der Waals surface area contributed by atoms with Crippen molar-refractivity contribution in [2.75, 3.05) is 20.3 Å². The molecule has 0 aliphatic carbocycles. The zero-order valence-electron chi connectivity index (χ0n) is 8.79. The van der Waals surface area contributed by atoms with Gasteiger partial charge in [0.15, 0.2) is 0 Å². The molecule has 1 N–H and O–H groups in total. The number of hydrogen-bond donors (Lipinski definition) is 1. The van der Waals surface area contributed by atoms with E-state index in [0.717, 1.165) is 26.2 Å². The predicted molar refractivity (Wildman–Crippen MR) is 54.2 cm³/mol. The van der Waals surface area contributed by atoms with Gasteiger partial charge in [-0.15, -0.1) is 0 Å². The van der Waals surface area contributed by atoms with E-state index in [4.69, 9.17) is 4.74 Å². The van der Waals surface area contributed by atoms with Crippen LogP contribution >= 0.6 is 0 Å². The summed E-state index contributed by atoms with van der Waals surface area (Å²) < 4.78 is 7.20. The molecule has 0 unspecified atom stereocenters. The Morgan fingerprint density at radius 1 is 1.71 bits per heavy atom. The molecule has 2 heterocycles. The zero-order chi connectivity index (χ0) is 9.97. The Morgan fingerprint density at radius 3 is 3.29 bits per heavy atom. The topological polar surface area (TPSA) is 39.1 Å². The third kappa shape index (κ3) is 1.67. The van der Waals surface area contributed by atoms with Crippen molar-refractivity contribution in [1.82, 2.24) is 15.1 Å². The van der Waals surface area contributed by atoms with E-state index in [1.54, 1.807) is 7.11 Å². The number of methoxy groups -OCH3 is 1. The molecule has 0 saturated carbocycles. The van der Waals surface area contributed by atoms with Gasteiger partial charge in [0.25, 0.3) is 0 Å². The maximum Gasteiger partial charge on any atom is 0.0798 e. The van der Waals surface area contributed by atoms with Crippen molar-refractivity contribution in [3.63, 3.8) is 0 Å². The van der Waals surface area contributed by atoms with Crippen molar-refractivity contribution in [2.45, 2.75) is 25.9 Å². The highest BCUT2D eigenvalue weighted by Gasteiger charge is 2.22. The lowest BCUT2D eigenvalue weighted by molar-refractivity contribution is 0.175. The molecule has 0 radical (unpaired) electrons. The Kier molecular flexibility index (Phi) is 2.84. The molecule has 0 spiro atoms. The number of nitrogens with zero attached hydrogens (tertiary/aromatic N) is 2. The molecule has 1 atom stereocenters. The smallest absolute Gasteiger partial charge is 0.0798 e. The molecule has 0 bridgehead atoms. The standard InChI is InChI=1S/C10H17N3O/c1-3-13-6-9-8(7-14-2)4-11-5-10(9)12-13/h6,8,11H,3-5,7H2,1-2H3/t8-/m1/s1. The second kappa shape index (κ2) is 4.11. The summed E-state index contributed by atoms with van der Waals surface area (Å²) in [5.74, 6) is 0.462.